The molecule has 0 aromatic carbocycles. The third kappa shape index (κ3) is 10.8. The Labute approximate surface area is 109 Å². The fourth-order valence-corrected chi connectivity index (χ4v) is 2.11. The summed E-state index contributed by atoms with van der Waals surface area (Å²) >= 11 is 0. The van der Waals surface area contributed by atoms with E-state index in [1.807, 2.05) is 0 Å². The first-order valence-electron chi connectivity index (χ1n) is 7.49. The number of likely N-dealkylation sites (N-methyl/N-ethyl adjacent to an activating group) is 1. The van der Waals surface area contributed by atoms with Gasteiger partial charge in [-0.25, -0.2) is 0 Å². The molecule has 2 nitrogen and oxygen atoms in total. The summed E-state index contributed by atoms with van der Waals surface area (Å²) in [7, 11) is 2.26. The van der Waals surface area contributed by atoms with E-state index >= 15 is 0 Å². The molecule has 0 radical (unpaired) electrons. The van der Waals surface area contributed by atoms with E-state index in [1.54, 1.807) is 0 Å². The van der Waals surface area contributed by atoms with Crippen molar-refractivity contribution in [2.45, 2.75) is 53.4 Å². The molecule has 2 heteroatoms. The zero-order valence-electron chi connectivity index (χ0n) is 12.8. The smallest absolute Gasteiger partial charge is 0.0104 e. The van der Waals surface area contributed by atoms with Crippen molar-refractivity contribution < 1.29 is 0 Å². The van der Waals surface area contributed by atoms with Gasteiger partial charge in [0.15, 0.2) is 0 Å². The number of nitrogens with zero attached hydrogens (tertiary/aromatic N) is 1. The molecular weight excluding hydrogens is 208 g/mol. The summed E-state index contributed by atoms with van der Waals surface area (Å²) in [5.41, 5.74) is 0. The lowest BCUT2D eigenvalue weighted by Crippen LogP contribution is -2.33. The van der Waals surface area contributed by atoms with Crippen LogP contribution in [0.3, 0.4) is 0 Å². The van der Waals surface area contributed by atoms with Crippen LogP contribution in [0.2, 0.25) is 0 Å². The molecule has 17 heavy (non-hydrogen) atoms. The van der Waals surface area contributed by atoms with Crippen LogP contribution in [-0.4, -0.2) is 38.1 Å². The fourth-order valence-electron chi connectivity index (χ4n) is 2.11. The molecule has 0 aliphatic carbocycles. The maximum atomic E-state index is 3.51. The largest absolute Gasteiger partial charge is 0.315 e. The van der Waals surface area contributed by atoms with Crippen molar-refractivity contribution in [3.8, 4) is 0 Å². The van der Waals surface area contributed by atoms with E-state index in [9.17, 15) is 0 Å². The minimum absolute atomic E-state index is 0.758. The average molecular weight is 242 g/mol. The molecule has 0 saturated heterocycles. The zero-order valence-corrected chi connectivity index (χ0v) is 12.8. The summed E-state index contributed by atoms with van der Waals surface area (Å²) in [6, 6.07) is 0. The SMILES string of the molecule is CCCCC(CC)CN(C)CCNCC(C)C. The van der Waals surface area contributed by atoms with Crippen LogP contribution in [0.1, 0.15) is 53.4 Å². The summed E-state index contributed by atoms with van der Waals surface area (Å²) in [5.74, 6) is 1.65. The molecule has 0 rings (SSSR count). The first kappa shape index (κ1) is 16.9. The fraction of sp³-hybridized carbons (Fsp3) is 1.00. The third-order valence-corrected chi connectivity index (χ3v) is 3.34. The second kappa shape index (κ2) is 11.0. The molecule has 0 aromatic rings. The van der Waals surface area contributed by atoms with Crippen LogP contribution >= 0.6 is 0 Å². The molecule has 0 amide bonds. The van der Waals surface area contributed by atoms with Gasteiger partial charge in [-0.05, 0) is 31.8 Å². The van der Waals surface area contributed by atoms with Gasteiger partial charge in [-0.3, -0.25) is 0 Å². The first-order chi connectivity index (χ1) is 8.10. The molecule has 0 fully saturated rings. The Morgan fingerprint density at radius 2 is 1.88 bits per heavy atom. The lowest BCUT2D eigenvalue weighted by atomic mass is 9.99. The van der Waals surface area contributed by atoms with E-state index in [0.717, 1.165) is 24.9 Å². The van der Waals surface area contributed by atoms with Gasteiger partial charge in [-0.1, -0.05) is 47.0 Å². The second-order valence-electron chi connectivity index (χ2n) is 5.78. The summed E-state index contributed by atoms with van der Waals surface area (Å²) < 4.78 is 0. The van der Waals surface area contributed by atoms with Gasteiger partial charge in [-0.15, -0.1) is 0 Å². The molecule has 0 aliphatic heterocycles. The van der Waals surface area contributed by atoms with Crippen LogP contribution in [-0.2, 0) is 0 Å². The minimum Gasteiger partial charge on any atom is -0.315 e. The quantitative estimate of drug-likeness (QED) is 0.559. The molecule has 104 valence electrons. The maximum absolute atomic E-state index is 3.51. The van der Waals surface area contributed by atoms with Crippen molar-refractivity contribution in [2.24, 2.45) is 11.8 Å². The van der Waals surface area contributed by atoms with E-state index in [-0.39, 0.29) is 0 Å². The van der Waals surface area contributed by atoms with Gasteiger partial charge in [0, 0.05) is 19.6 Å². The molecule has 0 spiro atoms. The molecule has 0 aromatic heterocycles. The highest BCUT2D eigenvalue weighted by Crippen LogP contribution is 2.13. The third-order valence-electron chi connectivity index (χ3n) is 3.34. The van der Waals surface area contributed by atoms with Crippen LogP contribution in [0, 0.1) is 11.8 Å². The van der Waals surface area contributed by atoms with Crippen molar-refractivity contribution in [2.75, 3.05) is 33.2 Å². The van der Waals surface area contributed by atoms with Crippen molar-refractivity contribution in [1.29, 1.82) is 0 Å². The number of rotatable bonds is 11. The van der Waals surface area contributed by atoms with Crippen molar-refractivity contribution in [1.82, 2.24) is 10.2 Å². The van der Waals surface area contributed by atoms with E-state index in [4.69, 9.17) is 0 Å². The van der Waals surface area contributed by atoms with Gasteiger partial charge in [-0.2, -0.15) is 0 Å². The minimum atomic E-state index is 0.758. The topological polar surface area (TPSA) is 15.3 Å². The predicted octanol–water partition coefficient (Wildman–Crippen LogP) is 3.38. The molecule has 0 saturated carbocycles. The average Bonchev–Trinajstić information content (AvgIpc) is 2.29. The van der Waals surface area contributed by atoms with Crippen LogP contribution in [0.4, 0.5) is 0 Å². The van der Waals surface area contributed by atoms with Gasteiger partial charge in [0.2, 0.25) is 0 Å². The number of nitrogens with one attached hydrogen (secondary N) is 1. The van der Waals surface area contributed by atoms with Gasteiger partial charge >= 0.3 is 0 Å². The van der Waals surface area contributed by atoms with Crippen LogP contribution in [0.5, 0.6) is 0 Å². The lowest BCUT2D eigenvalue weighted by Gasteiger charge is -2.23. The van der Waals surface area contributed by atoms with Crippen LogP contribution < -0.4 is 5.32 Å². The number of hydrogen-bond donors (Lipinski definition) is 1. The highest BCUT2D eigenvalue weighted by Gasteiger charge is 2.08. The monoisotopic (exact) mass is 242 g/mol. The van der Waals surface area contributed by atoms with Gasteiger partial charge in [0.1, 0.15) is 0 Å². The molecular formula is C15H34N2. The van der Waals surface area contributed by atoms with E-state index in [1.165, 1.54) is 38.8 Å². The van der Waals surface area contributed by atoms with Crippen LogP contribution in [0.15, 0.2) is 0 Å². The van der Waals surface area contributed by atoms with Crippen molar-refractivity contribution >= 4 is 0 Å². The Balaban J connectivity index is 3.56. The molecule has 0 heterocycles. The molecule has 1 atom stereocenters. The van der Waals surface area contributed by atoms with Crippen LogP contribution in [0.25, 0.3) is 0 Å². The molecule has 0 bridgehead atoms. The number of unbranched alkanes of at least 4 members (excludes halogenated alkanes) is 1. The Morgan fingerprint density at radius 3 is 2.41 bits per heavy atom. The van der Waals surface area contributed by atoms with Crippen molar-refractivity contribution in [3.63, 3.8) is 0 Å². The van der Waals surface area contributed by atoms with Gasteiger partial charge < -0.3 is 10.2 Å². The normalized spacial score (nSPS) is 13.6. The van der Waals surface area contributed by atoms with Gasteiger partial charge in [0.25, 0.3) is 0 Å². The summed E-state index contributed by atoms with van der Waals surface area (Å²) in [5, 5.41) is 3.51. The summed E-state index contributed by atoms with van der Waals surface area (Å²) in [4.78, 5) is 2.48. The molecule has 0 aliphatic rings. The molecule has 1 unspecified atom stereocenters. The Hall–Kier alpha value is -0.0800. The Morgan fingerprint density at radius 1 is 1.18 bits per heavy atom. The Kier molecular flexibility index (Phi) is 11.0. The first-order valence-corrected chi connectivity index (χ1v) is 7.49. The Bertz CT molecular complexity index is 157. The highest BCUT2D eigenvalue weighted by molar-refractivity contribution is 4.64. The second-order valence-corrected chi connectivity index (χ2v) is 5.78. The van der Waals surface area contributed by atoms with E-state index in [2.05, 4.69) is 45.0 Å². The zero-order chi connectivity index (χ0) is 13.1. The predicted molar refractivity (Wildman–Crippen MR) is 78.5 cm³/mol. The highest BCUT2D eigenvalue weighted by atomic mass is 15.1. The summed E-state index contributed by atoms with van der Waals surface area (Å²) in [6.45, 7) is 13.8. The molecule has 1 N–H and O–H groups in total. The van der Waals surface area contributed by atoms with Gasteiger partial charge in [0.05, 0.1) is 0 Å². The van der Waals surface area contributed by atoms with E-state index in [0.29, 0.717) is 0 Å². The summed E-state index contributed by atoms with van der Waals surface area (Å²) in [6.07, 6.45) is 5.44. The standard InChI is InChI=1S/C15H34N2/c1-6-8-9-15(7-2)13-17(5)11-10-16-12-14(3)4/h14-16H,6-13H2,1-5H3. The van der Waals surface area contributed by atoms with E-state index < -0.39 is 0 Å². The maximum Gasteiger partial charge on any atom is 0.0104 e. The van der Waals surface area contributed by atoms with Crippen molar-refractivity contribution in [3.05, 3.63) is 0 Å². The lowest BCUT2D eigenvalue weighted by molar-refractivity contribution is 0.258. The number of hydrogen-bond acceptors (Lipinski definition) is 2.